The Morgan fingerprint density at radius 3 is 2.20 bits per heavy atom. The molecule has 0 aliphatic heterocycles. The summed E-state index contributed by atoms with van der Waals surface area (Å²) in [7, 11) is -2.38. The molecule has 0 aromatic carbocycles. The van der Waals surface area contributed by atoms with E-state index in [1.807, 2.05) is 27.7 Å². The highest BCUT2D eigenvalue weighted by Crippen LogP contribution is 2.34. The fraction of sp³-hybridized carbons (Fsp3) is 0.467. The second-order valence-corrected chi connectivity index (χ2v) is 6.37. The van der Waals surface area contributed by atoms with E-state index in [4.69, 9.17) is 11.6 Å². The highest BCUT2D eigenvalue weighted by Gasteiger charge is 2.32. The number of rotatable bonds is 3. The third-order valence-electron chi connectivity index (χ3n) is 3.64. The van der Waals surface area contributed by atoms with Gasteiger partial charge in [0.25, 0.3) is 0 Å². The summed E-state index contributed by atoms with van der Waals surface area (Å²) >= 11 is 5.60. The Morgan fingerprint density at radius 2 is 1.85 bits per heavy atom. The van der Waals surface area contributed by atoms with Crippen molar-refractivity contribution in [1.29, 1.82) is 0 Å². The second-order valence-electron chi connectivity index (χ2n) is 5.12. The smallest absolute Gasteiger partial charge is 0.249 e. The number of halogens is 1. The fourth-order valence-electron chi connectivity index (χ4n) is 2.44. The zero-order valence-electron chi connectivity index (χ0n) is 12.4. The van der Waals surface area contributed by atoms with Crippen molar-refractivity contribution in [2.45, 2.75) is 41.0 Å². The molecule has 0 aromatic heterocycles. The summed E-state index contributed by atoms with van der Waals surface area (Å²) in [5.74, 6) is -0.466. The van der Waals surface area contributed by atoms with Gasteiger partial charge >= 0.3 is 0 Å². The normalized spacial score (nSPS) is 18.8. The number of carbonyl (C=O) groups is 1. The monoisotopic (exact) mass is 314 g/mol. The average molecular weight is 315 g/mol. The summed E-state index contributed by atoms with van der Waals surface area (Å²) in [6, 6.07) is 0. The van der Waals surface area contributed by atoms with Gasteiger partial charge in [-0.1, -0.05) is 12.5 Å². The van der Waals surface area contributed by atoms with Crippen LogP contribution in [0.25, 0.3) is 0 Å². The summed E-state index contributed by atoms with van der Waals surface area (Å²) in [4.78, 5) is 11.8. The zero-order valence-corrected chi connectivity index (χ0v) is 13.9. The van der Waals surface area contributed by atoms with Gasteiger partial charge in [0.2, 0.25) is 15.5 Å². The van der Waals surface area contributed by atoms with Crippen LogP contribution in [-0.2, 0) is 15.1 Å². The largest absolute Gasteiger partial charge is 0.276 e. The van der Waals surface area contributed by atoms with Crippen LogP contribution >= 0.6 is 11.6 Å². The molecule has 20 heavy (non-hydrogen) atoms. The minimum absolute atomic E-state index is 0.273. The Labute approximate surface area is 126 Å². The van der Waals surface area contributed by atoms with E-state index < -0.39 is 21.5 Å². The first-order valence-corrected chi connectivity index (χ1v) is 7.90. The van der Waals surface area contributed by atoms with Gasteiger partial charge in [-0.3, -0.25) is 4.79 Å². The van der Waals surface area contributed by atoms with Gasteiger partial charge in [0.05, 0.1) is 4.86 Å². The molecule has 0 fully saturated rings. The van der Waals surface area contributed by atoms with Crippen molar-refractivity contribution in [2.24, 2.45) is 5.92 Å². The average Bonchev–Trinajstić information content (AvgIpc) is 2.35. The van der Waals surface area contributed by atoms with E-state index in [1.165, 1.54) is 0 Å². The van der Waals surface area contributed by atoms with Gasteiger partial charge in [-0.15, -0.1) is 0 Å². The molecule has 0 spiro atoms. The van der Waals surface area contributed by atoms with Crippen molar-refractivity contribution in [3.05, 3.63) is 33.9 Å². The van der Waals surface area contributed by atoms with Crippen molar-refractivity contribution in [1.82, 2.24) is 0 Å². The summed E-state index contributed by atoms with van der Waals surface area (Å²) in [5.41, 5.74) is 3.81. The van der Waals surface area contributed by atoms with Crippen molar-refractivity contribution in [3.8, 4) is 0 Å². The third kappa shape index (κ3) is 3.13. The Bertz CT molecular complexity index is 664. The van der Waals surface area contributed by atoms with Gasteiger partial charge < -0.3 is 0 Å². The van der Waals surface area contributed by atoms with Crippen molar-refractivity contribution in [3.63, 3.8) is 0 Å². The Morgan fingerprint density at radius 1 is 1.30 bits per heavy atom. The van der Waals surface area contributed by atoms with Crippen molar-refractivity contribution < 1.29 is 13.2 Å². The van der Waals surface area contributed by atoms with Gasteiger partial charge in [-0.2, -0.15) is 8.42 Å². The van der Waals surface area contributed by atoms with Crippen LogP contribution in [0.2, 0.25) is 0 Å². The first-order chi connectivity index (χ1) is 9.22. The topological polar surface area (TPSA) is 51.2 Å². The predicted octanol–water partition coefficient (Wildman–Crippen LogP) is 3.44. The quantitative estimate of drug-likeness (QED) is 0.592. The lowest BCUT2D eigenvalue weighted by Crippen LogP contribution is -2.27. The predicted molar refractivity (Wildman–Crippen MR) is 83.4 cm³/mol. The molecular formula is C15H19ClO3S. The minimum atomic E-state index is -2.38. The lowest BCUT2D eigenvalue weighted by molar-refractivity contribution is -0.108. The highest BCUT2D eigenvalue weighted by atomic mass is 35.5. The molecule has 0 bridgehead atoms. The van der Waals surface area contributed by atoms with Crippen LogP contribution in [0.3, 0.4) is 0 Å². The van der Waals surface area contributed by atoms with Crippen LogP contribution in [0.5, 0.6) is 0 Å². The molecule has 1 atom stereocenters. The van der Waals surface area contributed by atoms with Gasteiger partial charge in [0.15, 0.2) is 0 Å². The molecule has 0 N–H and O–H groups in total. The van der Waals surface area contributed by atoms with E-state index in [1.54, 1.807) is 13.0 Å². The Balaban J connectivity index is 3.79. The molecule has 0 saturated carbocycles. The number of hydrogen-bond acceptors (Lipinski definition) is 3. The van der Waals surface area contributed by atoms with E-state index in [-0.39, 0.29) is 4.86 Å². The van der Waals surface area contributed by atoms with Crippen molar-refractivity contribution >= 4 is 32.0 Å². The van der Waals surface area contributed by atoms with Gasteiger partial charge in [-0.05, 0) is 68.5 Å². The Kier molecular flexibility index (Phi) is 5.54. The molecule has 5 heteroatoms. The van der Waals surface area contributed by atoms with Crippen LogP contribution in [-0.4, -0.2) is 18.5 Å². The van der Waals surface area contributed by atoms with Crippen LogP contribution in [0.4, 0.5) is 0 Å². The van der Waals surface area contributed by atoms with Crippen molar-refractivity contribution in [2.75, 3.05) is 0 Å². The Hall–Kier alpha value is -1.13. The summed E-state index contributed by atoms with van der Waals surface area (Å²) in [6.07, 6.45) is 2.22. The van der Waals surface area contributed by atoms with Gasteiger partial charge in [0, 0.05) is 11.5 Å². The van der Waals surface area contributed by atoms with Gasteiger partial charge in [-0.25, -0.2) is 0 Å². The van der Waals surface area contributed by atoms with Crippen LogP contribution < -0.4 is 0 Å². The first-order valence-electron chi connectivity index (χ1n) is 6.45. The SMILES string of the molecule is CCC1C(C(=O)Cl)=CC(C)=C(C(C)=C(C)C)C1=S(=O)=O. The molecule has 0 amide bonds. The number of allylic oxidation sites excluding steroid dienone is 6. The maximum atomic E-state index is 11.7. The molecule has 0 heterocycles. The number of carbonyl (C=O) groups excluding carboxylic acids is 1. The van der Waals surface area contributed by atoms with Gasteiger partial charge in [0.1, 0.15) is 0 Å². The zero-order chi connectivity index (χ0) is 15.6. The molecule has 0 aromatic rings. The minimum Gasteiger partial charge on any atom is -0.276 e. The molecule has 1 aliphatic rings. The lowest BCUT2D eigenvalue weighted by Gasteiger charge is -2.26. The second kappa shape index (κ2) is 6.55. The fourth-order valence-corrected chi connectivity index (χ4v) is 3.64. The standard InChI is InChI=1S/C15H19ClO3S/c1-6-11-12(15(16)17)7-9(4)13(10(5)8(2)3)14(11)20(18)19/h7,11H,6H2,1-5H3. The summed E-state index contributed by atoms with van der Waals surface area (Å²) in [5, 5.41) is -0.590. The molecular weight excluding hydrogens is 296 g/mol. The highest BCUT2D eigenvalue weighted by molar-refractivity contribution is 7.73. The lowest BCUT2D eigenvalue weighted by atomic mass is 9.79. The van der Waals surface area contributed by atoms with Crippen LogP contribution in [0.15, 0.2) is 33.9 Å². The number of hydrogen-bond donors (Lipinski definition) is 0. The third-order valence-corrected chi connectivity index (χ3v) is 4.71. The molecule has 0 radical (unpaired) electrons. The maximum absolute atomic E-state index is 11.7. The van der Waals surface area contributed by atoms with Crippen LogP contribution in [0, 0.1) is 5.92 Å². The van der Waals surface area contributed by atoms with Crippen LogP contribution in [0.1, 0.15) is 41.0 Å². The molecule has 3 nitrogen and oxygen atoms in total. The molecule has 1 aliphatic carbocycles. The van der Waals surface area contributed by atoms with E-state index in [2.05, 4.69) is 0 Å². The summed E-state index contributed by atoms with van der Waals surface area (Å²) in [6.45, 7) is 9.43. The molecule has 1 rings (SSSR count). The van der Waals surface area contributed by atoms with E-state index in [0.29, 0.717) is 17.6 Å². The molecule has 110 valence electrons. The first kappa shape index (κ1) is 16.9. The summed E-state index contributed by atoms with van der Waals surface area (Å²) < 4.78 is 23.4. The maximum Gasteiger partial charge on any atom is 0.249 e. The van der Waals surface area contributed by atoms with E-state index in [9.17, 15) is 13.2 Å². The molecule has 1 unspecified atom stereocenters. The molecule has 0 saturated heterocycles. The van der Waals surface area contributed by atoms with E-state index >= 15 is 0 Å². The van der Waals surface area contributed by atoms with E-state index in [0.717, 1.165) is 16.7 Å².